The third-order valence-corrected chi connectivity index (χ3v) is 3.57. The summed E-state index contributed by atoms with van der Waals surface area (Å²) in [6.45, 7) is 0.171. The molecule has 0 aliphatic heterocycles. The Balaban J connectivity index is 1.70. The third-order valence-electron chi connectivity index (χ3n) is 2.94. The Bertz CT molecular complexity index is 687. The summed E-state index contributed by atoms with van der Waals surface area (Å²) >= 11 is 11.8. The van der Waals surface area contributed by atoms with Gasteiger partial charge >= 0.3 is 5.97 Å². The molecule has 0 heterocycles. The van der Waals surface area contributed by atoms with Gasteiger partial charge in [-0.2, -0.15) is 0 Å². The van der Waals surface area contributed by atoms with Crippen LogP contribution in [-0.2, 0) is 9.53 Å². The average Bonchev–Trinajstić information content (AvgIpc) is 2.57. The van der Waals surface area contributed by atoms with Crippen molar-refractivity contribution in [3.05, 3.63) is 64.1 Å². The fraction of sp³-hybridized carbons (Fsp3) is 0.176. The molecule has 1 amide bonds. The monoisotopic (exact) mass is 367 g/mol. The van der Waals surface area contributed by atoms with Crippen LogP contribution in [0.3, 0.4) is 0 Å². The van der Waals surface area contributed by atoms with Crippen LogP contribution in [-0.4, -0.2) is 31.6 Å². The smallest absolute Gasteiger partial charge is 0.341 e. The van der Waals surface area contributed by atoms with Crippen LogP contribution in [0.5, 0.6) is 5.75 Å². The molecule has 0 bridgehead atoms. The molecule has 2 aromatic rings. The maximum absolute atomic E-state index is 11.9. The lowest BCUT2D eigenvalue weighted by Crippen LogP contribution is -2.32. The van der Waals surface area contributed by atoms with Crippen molar-refractivity contribution in [1.29, 1.82) is 0 Å². The highest BCUT2D eigenvalue weighted by atomic mass is 35.5. The van der Waals surface area contributed by atoms with Crippen molar-refractivity contribution in [3.8, 4) is 5.75 Å². The van der Waals surface area contributed by atoms with E-state index in [1.165, 1.54) is 12.1 Å². The minimum Gasteiger partial charge on any atom is -0.492 e. The highest BCUT2D eigenvalue weighted by Gasteiger charge is 2.17. The van der Waals surface area contributed by atoms with Gasteiger partial charge in [0.15, 0.2) is 6.61 Å². The molecule has 126 valence electrons. The molecule has 0 radical (unpaired) electrons. The number of hydrogen-bond acceptors (Lipinski definition) is 4. The van der Waals surface area contributed by atoms with Crippen LogP contribution < -0.4 is 10.1 Å². The van der Waals surface area contributed by atoms with Gasteiger partial charge < -0.3 is 14.8 Å². The Kier molecular flexibility index (Phi) is 6.90. The molecular weight excluding hydrogens is 353 g/mol. The number of rotatable bonds is 7. The molecule has 0 saturated heterocycles. The van der Waals surface area contributed by atoms with Crippen molar-refractivity contribution >= 4 is 35.1 Å². The van der Waals surface area contributed by atoms with Crippen LogP contribution in [0.4, 0.5) is 0 Å². The second-order valence-corrected chi connectivity index (χ2v) is 5.50. The van der Waals surface area contributed by atoms with Crippen LogP contribution in [0.25, 0.3) is 0 Å². The van der Waals surface area contributed by atoms with Crippen LogP contribution in [0.1, 0.15) is 10.4 Å². The summed E-state index contributed by atoms with van der Waals surface area (Å²) in [7, 11) is 0. The number of halogens is 2. The normalized spacial score (nSPS) is 10.1. The van der Waals surface area contributed by atoms with E-state index < -0.39 is 18.5 Å². The Morgan fingerprint density at radius 1 is 0.958 bits per heavy atom. The van der Waals surface area contributed by atoms with Crippen molar-refractivity contribution in [2.75, 3.05) is 19.8 Å². The second kappa shape index (κ2) is 9.15. The molecule has 1 N–H and O–H groups in total. The van der Waals surface area contributed by atoms with Crippen LogP contribution in [0, 0.1) is 0 Å². The molecule has 0 spiro atoms. The molecule has 0 unspecified atom stereocenters. The first-order valence-electron chi connectivity index (χ1n) is 7.13. The quantitative estimate of drug-likeness (QED) is 0.601. The SMILES string of the molecule is O=C(COC(=O)c1c(Cl)cccc1Cl)NCCOc1ccccc1. The maximum Gasteiger partial charge on any atom is 0.341 e. The lowest BCUT2D eigenvalue weighted by atomic mass is 10.2. The summed E-state index contributed by atoms with van der Waals surface area (Å²) in [5, 5.41) is 2.92. The van der Waals surface area contributed by atoms with Gasteiger partial charge in [-0.3, -0.25) is 4.79 Å². The highest BCUT2D eigenvalue weighted by Crippen LogP contribution is 2.24. The van der Waals surface area contributed by atoms with E-state index in [0.29, 0.717) is 12.4 Å². The fourth-order valence-electron chi connectivity index (χ4n) is 1.82. The third kappa shape index (κ3) is 5.44. The predicted molar refractivity (Wildman–Crippen MR) is 91.7 cm³/mol. The van der Waals surface area contributed by atoms with E-state index in [0.717, 1.165) is 0 Å². The number of para-hydroxylation sites is 1. The van der Waals surface area contributed by atoms with Crippen LogP contribution in [0.2, 0.25) is 10.0 Å². The molecule has 0 aliphatic rings. The molecule has 24 heavy (non-hydrogen) atoms. The second-order valence-electron chi connectivity index (χ2n) is 4.68. The zero-order valence-corrected chi connectivity index (χ0v) is 14.1. The van der Waals surface area contributed by atoms with E-state index in [1.807, 2.05) is 30.3 Å². The largest absolute Gasteiger partial charge is 0.492 e. The Hall–Kier alpha value is -2.24. The Labute approximate surface area is 149 Å². The summed E-state index contributed by atoms with van der Waals surface area (Å²) in [6, 6.07) is 13.9. The summed E-state index contributed by atoms with van der Waals surface area (Å²) in [5.41, 5.74) is 0.0426. The lowest BCUT2D eigenvalue weighted by molar-refractivity contribution is -0.124. The Morgan fingerprint density at radius 3 is 2.29 bits per heavy atom. The molecule has 0 saturated carbocycles. The maximum atomic E-state index is 11.9. The first-order chi connectivity index (χ1) is 11.6. The van der Waals surface area contributed by atoms with E-state index >= 15 is 0 Å². The van der Waals surface area contributed by atoms with Gasteiger partial charge in [-0.1, -0.05) is 47.5 Å². The predicted octanol–water partition coefficient (Wildman–Crippen LogP) is 3.35. The van der Waals surface area contributed by atoms with Gasteiger partial charge in [0.1, 0.15) is 12.4 Å². The summed E-state index contributed by atoms with van der Waals surface area (Å²) in [4.78, 5) is 23.6. The highest BCUT2D eigenvalue weighted by molar-refractivity contribution is 6.39. The molecule has 5 nitrogen and oxygen atoms in total. The van der Waals surface area contributed by atoms with Gasteiger partial charge in [-0.05, 0) is 24.3 Å². The molecule has 0 fully saturated rings. The molecule has 7 heteroatoms. The summed E-state index contributed by atoms with van der Waals surface area (Å²) < 4.78 is 10.3. The average molecular weight is 368 g/mol. The zero-order valence-electron chi connectivity index (χ0n) is 12.6. The first kappa shape index (κ1) is 18.1. The van der Waals surface area contributed by atoms with Gasteiger partial charge in [0.05, 0.1) is 22.2 Å². The summed E-state index contributed by atoms with van der Waals surface area (Å²) in [5.74, 6) is -0.476. The van der Waals surface area contributed by atoms with Gasteiger partial charge in [-0.15, -0.1) is 0 Å². The number of esters is 1. The van der Waals surface area contributed by atoms with E-state index in [9.17, 15) is 9.59 Å². The first-order valence-corrected chi connectivity index (χ1v) is 7.89. The van der Waals surface area contributed by atoms with Crippen molar-refractivity contribution in [3.63, 3.8) is 0 Å². The van der Waals surface area contributed by atoms with Crippen molar-refractivity contribution < 1.29 is 19.1 Å². The van der Waals surface area contributed by atoms with Gasteiger partial charge in [-0.25, -0.2) is 4.79 Å². The number of amides is 1. The minimum absolute atomic E-state index is 0.0426. The zero-order chi connectivity index (χ0) is 17.4. The minimum atomic E-state index is -0.749. The molecule has 2 rings (SSSR count). The topological polar surface area (TPSA) is 64.6 Å². The molecular formula is C17H15Cl2NO4. The van der Waals surface area contributed by atoms with Gasteiger partial charge in [0, 0.05) is 0 Å². The fourth-order valence-corrected chi connectivity index (χ4v) is 2.37. The van der Waals surface area contributed by atoms with Crippen molar-refractivity contribution in [1.82, 2.24) is 5.32 Å². The van der Waals surface area contributed by atoms with Crippen molar-refractivity contribution in [2.24, 2.45) is 0 Å². The number of carbonyl (C=O) groups excluding carboxylic acids is 2. The molecule has 0 aliphatic carbocycles. The number of benzene rings is 2. The van der Waals surface area contributed by atoms with E-state index in [1.54, 1.807) is 6.07 Å². The standard InChI is InChI=1S/C17H15Cl2NO4/c18-13-7-4-8-14(19)16(13)17(22)24-11-15(21)20-9-10-23-12-5-2-1-3-6-12/h1-8H,9-11H2,(H,20,21). The lowest BCUT2D eigenvalue weighted by Gasteiger charge is -2.09. The van der Waals surface area contributed by atoms with Gasteiger partial charge in [0.25, 0.3) is 5.91 Å². The van der Waals surface area contributed by atoms with Crippen LogP contribution in [0.15, 0.2) is 48.5 Å². The molecule has 2 aromatic carbocycles. The molecule has 0 aromatic heterocycles. The number of hydrogen-bond donors (Lipinski definition) is 1. The Morgan fingerprint density at radius 2 is 1.62 bits per heavy atom. The number of ether oxygens (including phenoxy) is 2. The van der Waals surface area contributed by atoms with Crippen molar-refractivity contribution in [2.45, 2.75) is 0 Å². The van der Waals surface area contributed by atoms with E-state index in [2.05, 4.69) is 5.32 Å². The molecule has 0 atom stereocenters. The van der Waals surface area contributed by atoms with Crippen LogP contribution >= 0.6 is 23.2 Å². The number of carbonyl (C=O) groups is 2. The van der Waals surface area contributed by atoms with E-state index in [-0.39, 0.29) is 22.2 Å². The summed E-state index contributed by atoms with van der Waals surface area (Å²) in [6.07, 6.45) is 0. The van der Waals surface area contributed by atoms with E-state index in [4.69, 9.17) is 32.7 Å². The van der Waals surface area contributed by atoms with Gasteiger partial charge in [0.2, 0.25) is 0 Å². The number of nitrogens with one attached hydrogen (secondary N) is 1.